The zero-order valence-corrected chi connectivity index (χ0v) is 18.1. The third-order valence-electron chi connectivity index (χ3n) is 4.54. The number of nitrogens with one attached hydrogen (secondary N) is 1. The van der Waals surface area contributed by atoms with Gasteiger partial charge in [0.25, 0.3) is 5.91 Å². The van der Waals surface area contributed by atoms with Gasteiger partial charge in [-0.2, -0.15) is 5.26 Å². The highest BCUT2D eigenvalue weighted by atomic mass is 79.9. The van der Waals surface area contributed by atoms with Crippen LogP contribution in [0.1, 0.15) is 23.6 Å². The van der Waals surface area contributed by atoms with E-state index in [4.69, 9.17) is 4.74 Å². The Balaban J connectivity index is 1.77. The number of benzene rings is 3. The largest absolute Gasteiger partial charge is 0.488 e. The Morgan fingerprint density at radius 2 is 1.77 bits per heavy atom. The third kappa shape index (κ3) is 5.59. The minimum Gasteiger partial charge on any atom is -0.488 e. The number of rotatable bonds is 7. The fourth-order valence-corrected chi connectivity index (χ4v) is 3.23. The average molecular weight is 461 g/mol. The smallest absolute Gasteiger partial charge is 0.266 e. The molecule has 0 aromatic heterocycles. The van der Waals surface area contributed by atoms with Crippen molar-refractivity contribution in [2.45, 2.75) is 20.0 Å². The second-order valence-corrected chi connectivity index (χ2v) is 7.45. The molecule has 1 N–H and O–H groups in total. The highest BCUT2D eigenvalue weighted by molar-refractivity contribution is 9.10. The van der Waals surface area contributed by atoms with Crippen LogP contribution < -0.4 is 10.1 Å². The van der Waals surface area contributed by atoms with Crippen molar-refractivity contribution in [1.82, 2.24) is 0 Å². The standard InChI is InChI=1S/C25H21BrN2O2/c1-2-18-11-13-22(14-12-18)28-25(29)21(16-27)15-19-7-4-6-10-24(19)30-17-20-8-3-5-9-23(20)26/h3-15H,2,17H2,1H3,(H,28,29)/b21-15+. The molecule has 0 saturated heterocycles. The number of aryl methyl sites for hydroxylation is 1. The molecule has 1 amide bonds. The van der Waals surface area contributed by atoms with E-state index >= 15 is 0 Å². The van der Waals surface area contributed by atoms with Crippen LogP contribution in [0.4, 0.5) is 5.69 Å². The summed E-state index contributed by atoms with van der Waals surface area (Å²) in [5, 5.41) is 12.3. The number of hydrogen-bond donors (Lipinski definition) is 1. The summed E-state index contributed by atoms with van der Waals surface area (Å²) in [6, 6.07) is 24.7. The SMILES string of the molecule is CCc1ccc(NC(=O)/C(C#N)=C/c2ccccc2OCc2ccccc2Br)cc1. The van der Waals surface area contributed by atoms with Crippen LogP contribution in [0.15, 0.2) is 82.8 Å². The fraction of sp³-hybridized carbons (Fsp3) is 0.120. The maximum absolute atomic E-state index is 12.6. The number of ether oxygens (including phenoxy) is 1. The lowest BCUT2D eigenvalue weighted by molar-refractivity contribution is -0.112. The predicted octanol–water partition coefficient (Wildman–Crippen LogP) is 6.14. The highest BCUT2D eigenvalue weighted by Gasteiger charge is 2.12. The molecule has 3 aromatic carbocycles. The number of amides is 1. The Kier molecular flexibility index (Phi) is 7.42. The van der Waals surface area contributed by atoms with Gasteiger partial charge >= 0.3 is 0 Å². The third-order valence-corrected chi connectivity index (χ3v) is 5.32. The number of nitriles is 1. The van der Waals surface area contributed by atoms with Crippen molar-refractivity contribution >= 4 is 33.6 Å². The van der Waals surface area contributed by atoms with Crippen LogP contribution in [0.25, 0.3) is 6.08 Å². The zero-order chi connectivity index (χ0) is 21.3. The van der Waals surface area contributed by atoms with Gasteiger partial charge in [0, 0.05) is 21.3 Å². The average Bonchev–Trinajstić information content (AvgIpc) is 2.78. The molecule has 0 aliphatic carbocycles. The van der Waals surface area contributed by atoms with Gasteiger partial charge in [-0.15, -0.1) is 0 Å². The Morgan fingerprint density at radius 1 is 1.07 bits per heavy atom. The van der Waals surface area contributed by atoms with Crippen LogP contribution in [0.2, 0.25) is 0 Å². The Labute approximate surface area is 184 Å². The van der Waals surface area contributed by atoms with E-state index < -0.39 is 5.91 Å². The van der Waals surface area contributed by atoms with Gasteiger partial charge in [0.1, 0.15) is 24.0 Å². The molecule has 0 saturated carbocycles. The molecule has 0 aliphatic heterocycles. The quantitative estimate of drug-likeness (QED) is 0.340. The molecule has 0 atom stereocenters. The first-order valence-electron chi connectivity index (χ1n) is 9.58. The fourth-order valence-electron chi connectivity index (χ4n) is 2.83. The van der Waals surface area contributed by atoms with Gasteiger partial charge in [-0.05, 0) is 42.3 Å². The zero-order valence-electron chi connectivity index (χ0n) is 16.6. The number of para-hydroxylation sites is 1. The molecule has 3 rings (SSSR count). The Morgan fingerprint density at radius 3 is 2.47 bits per heavy atom. The molecule has 0 aliphatic rings. The van der Waals surface area contributed by atoms with Crippen LogP contribution in [0.5, 0.6) is 5.75 Å². The van der Waals surface area contributed by atoms with Crippen molar-refractivity contribution < 1.29 is 9.53 Å². The molecule has 0 spiro atoms. The summed E-state index contributed by atoms with van der Waals surface area (Å²) in [4.78, 5) is 12.6. The van der Waals surface area contributed by atoms with Gasteiger partial charge in [0.05, 0.1) is 0 Å². The molecule has 0 unspecified atom stereocenters. The molecule has 4 nitrogen and oxygen atoms in total. The second-order valence-electron chi connectivity index (χ2n) is 6.59. The van der Waals surface area contributed by atoms with E-state index in [2.05, 4.69) is 28.2 Å². The summed E-state index contributed by atoms with van der Waals surface area (Å²) in [5.41, 5.74) is 3.51. The van der Waals surface area contributed by atoms with Crippen LogP contribution in [0.3, 0.4) is 0 Å². The van der Waals surface area contributed by atoms with Crippen molar-refractivity contribution in [2.24, 2.45) is 0 Å². The Bertz CT molecular complexity index is 1100. The molecular weight excluding hydrogens is 440 g/mol. The van der Waals surface area contributed by atoms with Gasteiger partial charge in [-0.25, -0.2) is 0 Å². The second kappa shape index (κ2) is 10.4. The van der Waals surface area contributed by atoms with E-state index in [1.165, 1.54) is 5.56 Å². The number of carbonyl (C=O) groups is 1. The van der Waals surface area contributed by atoms with Crippen molar-refractivity contribution in [3.05, 3.63) is 99.5 Å². The molecule has 0 bridgehead atoms. The van der Waals surface area contributed by atoms with Crippen molar-refractivity contribution in [3.8, 4) is 11.8 Å². The summed E-state index contributed by atoms with van der Waals surface area (Å²) >= 11 is 3.51. The highest BCUT2D eigenvalue weighted by Crippen LogP contribution is 2.24. The predicted molar refractivity (Wildman–Crippen MR) is 123 cm³/mol. The number of halogens is 1. The van der Waals surface area contributed by atoms with E-state index in [0.29, 0.717) is 23.6 Å². The minimum atomic E-state index is -0.456. The van der Waals surface area contributed by atoms with Crippen molar-refractivity contribution in [3.63, 3.8) is 0 Å². The first-order valence-corrected chi connectivity index (χ1v) is 10.4. The summed E-state index contributed by atoms with van der Waals surface area (Å²) in [5.74, 6) is 0.142. The summed E-state index contributed by atoms with van der Waals surface area (Å²) in [7, 11) is 0. The monoisotopic (exact) mass is 460 g/mol. The van der Waals surface area contributed by atoms with E-state index in [0.717, 1.165) is 16.5 Å². The van der Waals surface area contributed by atoms with Gasteiger partial charge in [0.2, 0.25) is 0 Å². The number of anilines is 1. The summed E-state index contributed by atoms with van der Waals surface area (Å²) < 4.78 is 6.92. The van der Waals surface area contributed by atoms with Crippen LogP contribution in [0, 0.1) is 11.3 Å². The van der Waals surface area contributed by atoms with E-state index in [1.807, 2.05) is 78.9 Å². The maximum atomic E-state index is 12.6. The molecule has 0 radical (unpaired) electrons. The van der Waals surface area contributed by atoms with Crippen molar-refractivity contribution in [2.75, 3.05) is 5.32 Å². The van der Waals surface area contributed by atoms with Crippen LogP contribution >= 0.6 is 15.9 Å². The lowest BCUT2D eigenvalue weighted by atomic mass is 10.1. The first kappa shape index (κ1) is 21.4. The van der Waals surface area contributed by atoms with E-state index in [9.17, 15) is 10.1 Å². The van der Waals surface area contributed by atoms with Crippen molar-refractivity contribution in [1.29, 1.82) is 5.26 Å². The molecule has 30 heavy (non-hydrogen) atoms. The summed E-state index contributed by atoms with van der Waals surface area (Å²) in [6.45, 7) is 2.43. The molecular formula is C25H21BrN2O2. The maximum Gasteiger partial charge on any atom is 0.266 e. The topological polar surface area (TPSA) is 62.1 Å². The lowest BCUT2D eigenvalue weighted by Crippen LogP contribution is -2.13. The summed E-state index contributed by atoms with van der Waals surface area (Å²) in [6.07, 6.45) is 2.47. The molecule has 5 heteroatoms. The first-order chi connectivity index (χ1) is 14.6. The van der Waals surface area contributed by atoms with E-state index in [-0.39, 0.29) is 5.57 Å². The lowest BCUT2D eigenvalue weighted by Gasteiger charge is -2.11. The number of nitrogens with zero attached hydrogens (tertiary/aromatic N) is 1. The Hall–Kier alpha value is -3.36. The minimum absolute atomic E-state index is 0.00603. The van der Waals surface area contributed by atoms with Gasteiger partial charge in [-0.1, -0.05) is 71.4 Å². The van der Waals surface area contributed by atoms with Gasteiger partial charge < -0.3 is 10.1 Å². The molecule has 0 fully saturated rings. The van der Waals surface area contributed by atoms with Gasteiger partial charge in [0.15, 0.2) is 0 Å². The molecule has 150 valence electrons. The van der Waals surface area contributed by atoms with Gasteiger partial charge in [-0.3, -0.25) is 4.79 Å². The molecule has 3 aromatic rings. The van der Waals surface area contributed by atoms with Crippen LogP contribution in [-0.2, 0) is 17.8 Å². The molecule has 0 heterocycles. The number of carbonyl (C=O) groups excluding carboxylic acids is 1. The number of hydrogen-bond acceptors (Lipinski definition) is 3. The van der Waals surface area contributed by atoms with Crippen LogP contribution in [-0.4, -0.2) is 5.91 Å². The van der Waals surface area contributed by atoms with E-state index in [1.54, 1.807) is 6.08 Å². The normalized spacial score (nSPS) is 10.9.